The summed E-state index contributed by atoms with van der Waals surface area (Å²) in [6, 6.07) is 32.5. The zero-order valence-electron chi connectivity index (χ0n) is 35.8. The van der Waals surface area contributed by atoms with Crippen LogP contribution >= 0.6 is 0 Å². The van der Waals surface area contributed by atoms with Gasteiger partial charge in [-0.3, -0.25) is 9.59 Å². The van der Waals surface area contributed by atoms with E-state index in [1.165, 1.54) is 19.6 Å². The maximum absolute atomic E-state index is 14.0. The predicted molar refractivity (Wildman–Crippen MR) is 226 cm³/mol. The topological polar surface area (TPSA) is 61.8 Å². The first-order chi connectivity index (χ1) is 27.1. The maximum atomic E-state index is 14.0. The van der Waals surface area contributed by atoms with Crippen molar-refractivity contribution in [2.24, 2.45) is 62.6 Å². The Kier molecular flexibility index (Phi) is 10.0. The Morgan fingerprint density at radius 3 is 1.77 bits per heavy atom. The van der Waals surface area contributed by atoms with E-state index < -0.39 is 17.6 Å². The Morgan fingerprint density at radius 2 is 1.26 bits per heavy atom. The summed E-state index contributed by atoms with van der Waals surface area (Å²) in [6.07, 6.45) is 8.30. The van der Waals surface area contributed by atoms with Crippen LogP contribution in [0.4, 0.5) is 0 Å². The molecule has 0 saturated heterocycles. The van der Waals surface area contributed by atoms with Gasteiger partial charge in [-0.15, -0.1) is 0 Å². The van der Waals surface area contributed by atoms with E-state index in [4.69, 9.17) is 14.2 Å². The number of carbonyl (C=O) groups is 2. The second kappa shape index (κ2) is 14.2. The van der Waals surface area contributed by atoms with Gasteiger partial charge in [-0.05, 0) is 126 Å². The number of benzene rings is 3. The quantitative estimate of drug-likeness (QED) is 0.123. The Bertz CT molecular complexity index is 1880. The fraction of sp³-hybridized carbons (Fsp3) is 0.577. The molecule has 0 spiro atoms. The van der Waals surface area contributed by atoms with Gasteiger partial charge in [0.05, 0.1) is 13.7 Å². The number of rotatable bonds is 9. The molecular formula is C52H66O5. The SMILES string of the molecule is C=C(C)[C@@H]1CC[C@]2(COC(c3ccccc3)(c3ccccc3)c3ccccc3)CC[C@]3(C)[C@H](CC[C@@H]4[C@@]5(C)[C@H](C(=O)OC)[C@H](OC(C)=O)C(C)(C)[C@@H]5CC[C@]43C)[C@@H]12. The van der Waals surface area contributed by atoms with Crippen LogP contribution in [-0.2, 0) is 29.4 Å². The van der Waals surface area contributed by atoms with Gasteiger partial charge >= 0.3 is 11.9 Å². The van der Waals surface area contributed by atoms with Gasteiger partial charge in [-0.2, -0.15) is 0 Å². The van der Waals surface area contributed by atoms with Crippen molar-refractivity contribution < 1.29 is 23.8 Å². The van der Waals surface area contributed by atoms with E-state index in [0.717, 1.165) is 68.1 Å². The van der Waals surface area contributed by atoms with Crippen LogP contribution < -0.4 is 0 Å². The minimum atomic E-state index is -0.765. The molecule has 11 atom stereocenters. The van der Waals surface area contributed by atoms with Crippen molar-refractivity contribution in [1.82, 2.24) is 0 Å². The normalized spacial score (nSPS) is 37.9. The summed E-state index contributed by atoms with van der Waals surface area (Å²) in [6.45, 7) is 21.2. The molecule has 5 saturated carbocycles. The third kappa shape index (κ3) is 5.70. The number of hydrogen-bond acceptors (Lipinski definition) is 5. The summed E-state index contributed by atoms with van der Waals surface area (Å²) in [5.74, 6) is 0.866. The molecule has 5 nitrogen and oxygen atoms in total. The molecule has 304 valence electrons. The number of allylic oxidation sites excluding steroid dienone is 1. The Morgan fingerprint density at radius 1 is 0.702 bits per heavy atom. The first kappa shape index (κ1) is 40.1. The number of ether oxygens (including phenoxy) is 3. The van der Waals surface area contributed by atoms with Crippen molar-refractivity contribution in [2.45, 2.75) is 112 Å². The highest BCUT2D eigenvalue weighted by molar-refractivity contribution is 5.76. The lowest BCUT2D eigenvalue weighted by molar-refractivity contribution is -0.232. The highest BCUT2D eigenvalue weighted by atomic mass is 16.6. The fourth-order valence-electron chi connectivity index (χ4n) is 15.3. The third-order valence-electron chi connectivity index (χ3n) is 17.9. The molecule has 5 aliphatic rings. The lowest BCUT2D eigenvalue weighted by atomic mass is 9.34. The third-order valence-corrected chi connectivity index (χ3v) is 17.9. The summed E-state index contributed by atoms with van der Waals surface area (Å²) in [7, 11) is 1.50. The van der Waals surface area contributed by atoms with Gasteiger partial charge in [0.2, 0.25) is 0 Å². The van der Waals surface area contributed by atoms with E-state index in [9.17, 15) is 9.59 Å². The molecule has 0 radical (unpaired) electrons. The molecule has 3 aromatic carbocycles. The molecule has 57 heavy (non-hydrogen) atoms. The number of carbonyl (C=O) groups excluding carboxylic acids is 2. The summed E-state index contributed by atoms with van der Waals surface area (Å²) < 4.78 is 19.5. The van der Waals surface area contributed by atoms with Gasteiger partial charge in [0.25, 0.3) is 0 Å². The van der Waals surface area contributed by atoms with Crippen LogP contribution in [0.3, 0.4) is 0 Å². The number of fused-ring (bicyclic) bond motifs is 7. The molecule has 0 heterocycles. The van der Waals surface area contributed by atoms with E-state index >= 15 is 0 Å². The summed E-state index contributed by atoms with van der Waals surface area (Å²) in [5.41, 5.74) is 3.32. The van der Waals surface area contributed by atoms with Crippen molar-refractivity contribution in [1.29, 1.82) is 0 Å². The number of methoxy groups -OCH3 is 1. The Hall–Kier alpha value is -3.70. The Balaban J connectivity index is 1.20. The second-order valence-corrected chi connectivity index (χ2v) is 20.3. The molecule has 3 aromatic rings. The molecule has 5 heteroatoms. The zero-order chi connectivity index (χ0) is 40.6. The van der Waals surface area contributed by atoms with Crippen LogP contribution in [0, 0.1) is 62.6 Å². The summed E-state index contributed by atoms with van der Waals surface area (Å²) >= 11 is 0. The molecule has 0 aliphatic heterocycles. The zero-order valence-corrected chi connectivity index (χ0v) is 35.8. The van der Waals surface area contributed by atoms with E-state index in [1.807, 2.05) is 0 Å². The van der Waals surface area contributed by atoms with Crippen molar-refractivity contribution >= 4 is 11.9 Å². The van der Waals surface area contributed by atoms with Gasteiger partial charge in [-0.1, -0.05) is 138 Å². The van der Waals surface area contributed by atoms with Gasteiger partial charge in [0.15, 0.2) is 0 Å². The largest absolute Gasteiger partial charge is 0.469 e. The second-order valence-electron chi connectivity index (χ2n) is 20.3. The first-order valence-electron chi connectivity index (χ1n) is 21.8. The average molecular weight is 771 g/mol. The molecule has 8 rings (SSSR count). The van der Waals surface area contributed by atoms with Crippen LogP contribution in [-0.4, -0.2) is 31.8 Å². The van der Waals surface area contributed by atoms with Crippen molar-refractivity contribution in [3.8, 4) is 0 Å². The van der Waals surface area contributed by atoms with Gasteiger partial charge in [-0.25, -0.2) is 0 Å². The minimum absolute atomic E-state index is 0.00596. The van der Waals surface area contributed by atoms with Gasteiger partial charge in [0.1, 0.15) is 17.6 Å². The van der Waals surface area contributed by atoms with Crippen LogP contribution in [0.15, 0.2) is 103 Å². The molecule has 0 aromatic heterocycles. The molecular weight excluding hydrogens is 705 g/mol. The van der Waals surface area contributed by atoms with E-state index in [2.05, 4.69) is 139 Å². The first-order valence-corrected chi connectivity index (χ1v) is 21.8. The van der Waals surface area contributed by atoms with E-state index in [-0.39, 0.29) is 44.9 Å². The Labute approximate surface area is 342 Å². The molecule has 5 fully saturated rings. The molecule has 0 unspecified atom stereocenters. The van der Waals surface area contributed by atoms with E-state index in [0.29, 0.717) is 30.3 Å². The molecule has 5 aliphatic carbocycles. The van der Waals surface area contributed by atoms with Crippen molar-refractivity contribution in [3.63, 3.8) is 0 Å². The number of esters is 2. The standard InChI is InChI=1S/C52H66O5/c1-34(2)39-27-30-51(33-56-52(36-19-13-10-14-20-36,37-21-15-11-16-22-37)38-23-17-12-18-24-38)32-31-48(6)40(43(39)51)25-26-42-49(48,7)29-28-41-47(4,5)45(57-35(3)53)44(46(54)55-9)50(41,42)8/h10-24,39-45H,1,25-33H2,2-9H3/t39-,40+,41-,42-,43+,44-,45-,48+,49+,50-,51+/m0/s1. The molecule has 0 bridgehead atoms. The number of hydrogen-bond donors (Lipinski definition) is 0. The van der Waals surface area contributed by atoms with Crippen LogP contribution in [0.1, 0.15) is 117 Å². The highest BCUT2D eigenvalue weighted by Gasteiger charge is 2.76. The lowest BCUT2D eigenvalue weighted by Crippen LogP contribution is -2.65. The highest BCUT2D eigenvalue weighted by Crippen LogP contribution is 2.79. The fourth-order valence-corrected chi connectivity index (χ4v) is 15.3. The monoisotopic (exact) mass is 770 g/mol. The van der Waals surface area contributed by atoms with Crippen LogP contribution in [0.5, 0.6) is 0 Å². The smallest absolute Gasteiger partial charge is 0.313 e. The van der Waals surface area contributed by atoms with Gasteiger partial charge in [0, 0.05) is 12.3 Å². The summed E-state index contributed by atoms with van der Waals surface area (Å²) in [5, 5.41) is 0. The molecule has 0 amide bonds. The molecule has 0 N–H and O–H groups in total. The minimum Gasteiger partial charge on any atom is -0.469 e. The van der Waals surface area contributed by atoms with Gasteiger partial charge < -0.3 is 14.2 Å². The lowest BCUT2D eigenvalue weighted by Gasteiger charge is -2.71. The van der Waals surface area contributed by atoms with Crippen LogP contribution in [0.25, 0.3) is 0 Å². The average Bonchev–Trinajstić information content (AvgIpc) is 3.66. The predicted octanol–water partition coefficient (Wildman–Crippen LogP) is 11.6. The maximum Gasteiger partial charge on any atom is 0.313 e. The summed E-state index contributed by atoms with van der Waals surface area (Å²) in [4.78, 5) is 26.7. The van der Waals surface area contributed by atoms with E-state index in [1.54, 1.807) is 0 Å². The van der Waals surface area contributed by atoms with Crippen molar-refractivity contribution in [2.75, 3.05) is 13.7 Å². The van der Waals surface area contributed by atoms with Crippen LogP contribution in [0.2, 0.25) is 0 Å². The van der Waals surface area contributed by atoms with Crippen molar-refractivity contribution in [3.05, 3.63) is 120 Å².